The fourth-order valence-electron chi connectivity index (χ4n) is 1.27. The van der Waals surface area contributed by atoms with Crippen LogP contribution in [0.4, 0.5) is 29.1 Å². The molecule has 0 aliphatic heterocycles. The molecule has 0 spiro atoms. The molecule has 4 nitrogen and oxygen atoms in total. The molecule has 9 heteroatoms. The van der Waals surface area contributed by atoms with Gasteiger partial charge in [0.1, 0.15) is 10.2 Å². The highest BCUT2D eigenvalue weighted by Gasteiger charge is 2.20. The van der Waals surface area contributed by atoms with E-state index < -0.39 is 34.5 Å². The zero-order valence-corrected chi connectivity index (χ0v) is 10.5. The van der Waals surface area contributed by atoms with E-state index in [2.05, 4.69) is 25.9 Å². The standard InChI is InChI=1S/C10H4BrF4N3O/c11-5-9(16-2-17-10(5)19)18-8-6(14)3(12)1-4(13)7(8)15/h1-2H,(H2,16,17,18,19). The van der Waals surface area contributed by atoms with Gasteiger partial charge in [-0.25, -0.2) is 22.5 Å². The van der Waals surface area contributed by atoms with Crippen LogP contribution < -0.4 is 10.9 Å². The number of anilines is 2. The Hall–Kier alpha value is -1.90. The van der Waals surface area contributed by atoms with E-state index in [1.807, 2.05) is 5.32 Å². The SMILES string of the molecule is O=c1[nH]cnc(Nc2c(F)c(F)cc(F)c2F)c1Br. The molecule has 0 radical (unpaired) electrons. The van der Waals surface area contributed by atoms with Gasteiger partial charge < -0.3 is 10.3 Å². The molecule has 0 saturated carbocycles. The molecule has 0 saturated heterocycles. The Morgan fingerprint density at radius 2 is 1.74 bits per heavy atom. The van der Waals surface area contributed by atoms with Crippen molar-refractivity contribution in [3.8, 4) is 0 Å². The van der Waals surface area contributed by atoms with Gasteiger partial charge in [0.05, 0.1) is 6.33 Å². The molecule has 2 N–H and O–H groups in total. The molecule has 0 aliphatic rings. The molecule has 2 rings (SSSR count). The Bertz CT molecular complexity index is 678. The van der Waals surface area contributed by atoms with Crippen LogP contribution in [0.3, 0.4) is 0 Å². The van der Waals surface area contributed by atoms with Gasteiger partial charge in [-0.05, 0) is 15.9 Å². The van der Waals surface area contributed by atoms with Crippen molar-refractivity contribution in [3.05, 3.63) is 50.5 Å². The lowest BCUT2D eigenvalue weighted by Crippen LogP contribution is -2.12. The maximum atomic E-state index is 13.4. The summed E-state index contributed by atoms with van der Waals surface area (Å²) in [5.74, 6) is -6.66. The largest absolute Gasteiger partial charge is 0.334 e. The van der Waals surface area contributed by atoms with Crippen LogP contribution in [0, 0.1) is 23.3 Å². The first-order chi connectivity index (χ1) is 8.91. The Morgan fingerprint density at radius 1 is 1.16 bits per heavy atom. The predicted molar refractivity (Wildman–Crippen MR) is 62.1 cm³/mol. The van der Waals surface area contributed by atoms with E-state index in [1.54, 1.807) is 0 Å². The van der Waals surface area contributed by atoms with E-state index in [0.717, 1.165) is 6.33 Å². The van der Waals surface area contributed by atoms with Gasteiger partial charge in [0.15, 0.2) is 29.1 Å². The van der Waals surface area contributed by atoms with Crippen molar-refractivity contribution >= 4 is 27.4 Å². The van der Waals surface area contributed by atoms with Crippen molar-refractivity contribution < 1.29 is 17.6 Å². The molecule has 100 valence electrons. The van der Waals surface area contributed by atoms with E-state index in [9.17, 15) is 22.4 Å². The number of benzene rings is 1. The second kappa shape index (κ2) is 5.00. The van der Waals surface area contributed by atoms with Crippen molar-refractivity contribution in [1.82, 2.24) is 9.97 Å². The summed E-state index contributed by atoms with van der Waals surface area (Å²) in [5.41, 5.74) is -1.70. The van der Waals surface area contributed by atoms with Crippen LogP contribution in [0.25, 0.3) is 0 Å². The van der Waals surface area contributed by atoms with Gasteiger partial charge in [-0.2, -0.15) is 0 Å². The number of aromatic nitrogens is 2. The highest BCUT2D eigenvalue weighted by atomic mass is 79.9. The number of nitrogens with one attached hydrogen (secondary N) is 2. The minimum absolute atomic E-state index is 0.0795. The molecule has 0 bridgehead atoms. The van der Waals surface area contributed by atoms with Crippen LogP contribution in [-0.4, -0.2) is 9.97 Å². The summed E-state index contributed by atoms with van der Waals surface area (Å²) in [4.78, 5) is 17.0. The van der Waals surface area contributed by atoms with Gasteiger partial charge in [-0.3, -0.25) is 4.79 Å². The predicted octanol–water partition coefficient (Wildman–Crippen LogP) is 2.83. The van der Waals surface area contributed by atoms with E-state index in [0.29, 0.717) is 0 Å². The molecule has 2 aromatic rings. The lowest BCUT2D eigenvalue weighted by molar-refractivity contribution is 0.459. The second-order valence-electron chi connectivity index (χ2n) is 3.36. The van der Waals surface area contributed by atoms with Crippen molar-refractivity contribution in [2.75, 3.05) is 5.32 Å². The molecule has 0 atom stereocenters. The normalized spacial score (nSPS) is 10.6. The summed E-state index contributed by atoms with van der Waals surface area (Å²) in [6.07, 6.45) is 0.959. The van der Waals surface area contributed by atoms with Crippen LogP contribution in [-0.2, 0) is 0 Å². The summed E-state index contributed by atoms with van der Waals surface area (Å²) in [7, 11) is 0. The summed E-state index contributed by atoms with van der Waals surface area (Å²) in [6.45, 7) is 0. The molecule has 0 amide bonds. The zero-order valence-electron chi connectivity index (χ0n) is 8.90. The number of rotatable bonds is 2. The summed E-state index contributed by atoms with van der Waals surface area (Å²) in [6, 6.07) is 0.0795. The molecule has 1 heterocycles. The van der Waals surface area contributed by atoms with E-state index in [-0.39, 0.29) is 16.4 Å². The van der Waals surface area contributed by atoms with Crippen LogP contribution in [0.2, 0.25) is 0 Å². The number of halogens is 5. The molecular weight excluding hydrogens is 334 g/mol. The maximum Gasteiger partial charge on any atom is 0.267 e. The van der Waals surface area contributed by atoms with E-state index >= 15 is 0 Å². The Morgan fingerprint density at radius 3 is 2.32 bits per heavy atom. The van der Waals surface area contributed by atoms with Crippen molar-refractivity contribution in [3.63, 3.8) is 0 Å². The van der Waals surface area contributed by atoms with Crippen molar-refractivity contribution in [2.45, 2.75) is 0 Å². The zero-order chi connectivity index (χ0) is 14.2. The second-order valence-corrected chi connectivity index (χ2v) is 4.16. The van der Waals surface area contributed by atoms with Gasteiger partial charge in [0.2, 0.25) is 0 Å². The smallest absolute Gasteiger partial charge is 0.267 e. The molecule has 0 aliphatic carbocycles. The highest BCUT2D eigenvalue weighted by molar-refractivity contribution is 9.10. The number of hydrogen-bond donors (Lipinski definition) is 2. The van der Waals surface area contributed by atoms with Gasteiger partial charge in [0.25, 0.3) is 5.56 Å². The van der Waals surface area contributed by atoms with E-state index in [4.69, 9.17) is 0 Å². The quantitative estimate of drug-likeness (QED) is 0.654. The Kier molecular flexibility index (Phi) is 3.56. The van der Waals surface area contributed by atoms with Crippen LogP contribution in [0.15, 0.2) is 21.7 Å². The summed E-state index contributed by atoms with van der Waals surface area (Å²) >= 11 is 2.82. The number of hydrogen-bond acceptors (Lipinski definition) is 3. The van der Waals surface area contributed by atoms with Gasteiger partial charge in [-0.15, -0.1) is 0 Å². The molecule has 0 fully saturated rings. The van der Waals surface area contributed by atoms with Crippen molar-refractivity contribution in [1.29, 1.82) is 0 Å². The average Bonchev–Trinajstić information content (AvgIpc) is 2.37. The Balaban J connectivity index is 2.55. The summed E-state index contributed by atoms with van der Waals surface area (Å²) < 4.78 is 52.6. The average molecular weight is 338 g/mol. The molecular formula is C10H4BrF4N3O. The number of nitrogens with zero attached hydrogens (tertiary/aromatic N) is 1. The molecule has 1 aromatic carbocycles. The monoisotopic (exact) mass is 337 g/mol. The highest BCUT2D eigenvalue weighted by Crippen LogP contribution is 2.28. The maximum absolute atomic E-state index is 13.4. The third-order valence-corrected chi connectivity index (χ3v) is 2.89. The van der Waals surface area contributed by atoms with Crippen LogP contribution >= 0.6 is 15.9 Å². The van der Waals surface area contributed by atoms with Crippen LogP contribution in [0.5, 0.6) is 0 Å². The fraction of sp³-hybridized carbons (Fsp3) is 0. The summed E-state index contributed by atoms with van der Waals surface area (Å²) in [5, 5.41) is 2.02. The first kappa shape index (κ1) is 13.5. The van der Waals surface area contributed by atoms with Crippen LogP contribution in [0.1, 0.15) is 0 Å². The lowest BCUT2D eigenvalue weighted by Gasteiger charge is -2.09. The molecule has 1 aromatic heterocycles. The third-order valence-electron chi connectivity index (χ3n) is 2.15. The number of H-pyrrole nitrogens is 1. The fourth-order valence-corrected chi connectivity index (χ4v) is 1.59. The first-order valence-electron chi connectivity index (χ1n) is 4.75. The minimum Gasteiger partial charge on any atom is -0.334 e. The topological polar surface area (TPSA) is 57.8 Å². The van der Waals surface area contributed by atoms with Gasteiger partial charge in [0, 0.05) is 6.07 Å². The first-order valence-corrected chi connectivity index (χ1v) is 5.54. The van der Waals surface area contributed by atoms with Gasteiger partial charge in [-0.1, -0.05) is 0 Å². The molecule has 19 heavy (non-hydrogen) atoms. The third kappa shape index (κ3) is 2.46. The van der Waals surface area contributed by atoms with Crippen molar-refractivity contribution in [2.24, 2.45) is 0 Å². The number of aromatic amines is 1. The molecule has 0 unspecified atom stereocenters. The Labute approximate surface area is 111 Å². The van der Waals surface area contributed by atoms with Gasteiger partial charge >= 0.3 is 0 Å². The lowest BCUT2D eigenvalue weighted by atomic mass is 10.2. The minimum atomic E-state index is -1.62. The van der Waals surface area contributed by atoms with E-state index in [1.165, 1.54) is 0 Å².